The molecule has 2 heterocycles. The Hall–Kier alpha value is -1.52. The Morgan fingerprint density at radius 1 is 1.25 bits per heavy atom. The number of H-pyrrole nitrogens is 1. The molecule has 0 saturated heterocycles. The number of fused-ring (bicyclic) bond motifs is 1. The third kappa shape index (κ3) is 1.56. The maximum Gasteiger partial charge on any atom is 0.148 e. The quantitative estimate of drug-likeness (QED) is 0.693. The number of aromatic hydroxyl groups is 1. The van der Waals surface area contributed by atoms with E-state index >= 15 is 0 Å². The first kappa shape index (κ1) is 9.69. The molecular formula is C11H7ClN2OS. The van der Waals surface area contributed by atoms with Crippen LogP contribution >= 0.6 is 22.9 Å². The molecule has 2 N–H and O–H groups in total. The summed E-state index contributed by atoms with van der Waals surface area (Å²) in [5, 5.41) is 9.35. The number of phenols is 1. The van der Waals surface area contributed by atoms with Gasteiger partial charge in [-0.25, -0.2) is 4.98 Å². The van der Waals surface area contributed by atoms with Gasteiger partial charge in [-0.15, -0.1) is 11.3 Å². The number of hydrogen-bond donors (Lipinski definition) is 2. The zero-order valence-corrected chi connectivity index (χ0v) is 9.64. The van der Waals surface area contributed by atoms with Gasteiger partial charge in [0, 0.05) is 6.07 Å². The number of hydrogen-bond acceptors (Lipinski definition) is 3. The molecule has 0 fully saturated rings. The lowest BCUT2D eigenvalue weighted by atomic mass is 10.3. The minimum absolute atomic E-state index is 0.229. The van der Waals surface area contributed by atoms with Crippen LogP contribution in [0.1, 0.15) is 0 Å². The summed E-state index contributed by atoms with van der Waals surface area (Å²) < 4.78 is 0.735. The van der Waals surface area contributed by atoms with Crippen molar-refractivity contribution in [3.05, 3.63) is 34.7 Å². The summed E-state index contributed by atoms with van der Waals surface area (Å²) in [7, 11) is 0. The molecule has 0 aliphatic heterocycles. The fourth-order valence-electron chi connectivity index (χ4n) is 1.56. The first-order valence-corrected chi connectivity index (χ1v) is 5.86. The van der Waals surface area contributed by atoms with E-state index < -0.39 is 0 Å². The van der Waals surface area contributed by atoms with Crippen LogP contribution in [-0.4, -0.2) is 15.1 Å². The highest BCUT2D eigenvalue weighted by Crippen LogP contribution is 2.30. The van der Waals surface area contributed by atoms with Gasteiger partial charge in [-0.2, -0.15) is 0 Å². The van der Waals surface area contributed by atoms with Crippen molar-refractivity contribution >= 4 is 34.0 Å². The van der Waals surface area contributed by atoms with Gasteiger partial charge < -0.3 is 10.1 Å². The average molecular weight is 251 g/mol. The summed E-state index contributed by atoms with van der Waals surface area (Å²) >= 11 is 7.34. The van der Waals surface area contributed by atoms with E-state index in [9.17, 15) is 5.11 Å². The first-order valence-electron chi connectivity index (χ1n) is 4.67. The number of nitrogens with one attached hydrogen (secondary N) is 1. The van der Waals surface area contributed by atoms with E-state index in [0.717, 1.165) is 26.1 Å². The smallest absolute Gasteiger partial charge is 0.148 e. The molecule has 0 radical (unpaired) electrons. The Balaban J connectivity index is 2.18. The van der Waals surface area contributed by atoms with Gasteiger partial charge in [0.25, 0.3) is 0 Å². The molecule has 0 saturated carbocycles. The molecule has 0 aliphatic carbocycles. The fraction of sp³-hybridized carbons (Fsp3) is 0. The summed E-state index contributed by atoms with van der Waals surface area (Å²) in [6.07, 6.45) is 0. The topological polar surface area (TPSA) is 48.9 Å². The number of nitrogens with zero attached hydrogens (tertiary/aromatic N) is 1. The highest BCUT2D eigenvalue weighted by Gasteiger charge is 2.07. The molecule has 2 aromatic heterocycles. The maximum atomic E-state index is 9.35. The van der Waals surface area contributed by atoms with Gasteiger partial charge in [0.1, 0.15) is 11.6 Å². The standard InChI is InChI=1S/C11H7ClN2OS/c12-10-4-3-9(16-10)11-13-7-2-1-6(15)5-8(7)14-11/h1-5,15H,(H,13,14). The molecule has 0 unspecified atom stereocenters. The Labute approximate surface area is 100 Å². The highest BCUT2D eigenvalue weighted by molar-refractivity contribution is 7.19. The van der Waals surface area contributed by atoms with Gasteiger partial charge in [-0.3, -0.25) is 0 Å². The predicted octanol–water partition coefficient (Wildman–Crippen LogP) is 3.65. The minimum Gasteiger partial charge on any atom is -0.508 e. The third-order valence-corrected chi connectivity index (χ3v) is 3.51. The number of aromatic amines is 1. The summed E-state index contributed by atoms with van der Waals surface area (Å²) in [6, 6.07) is 8.81. The molecular weight excluding hydrogens is 244 g/mol. The van der Waals surface area contributed by atoms with E-state index in [1.807, 2.05) is 12.1 Å². The van der Waals surface area contributed by atoms with E-state index in [0.29, 0.717) is 0 Å². The van der Waals surface area contributed by atoms with Gasteiger partial charge in [0.2, 0.25) is 0 Å². The average Bonchev–Trinajstić information content (AvgIpc) is 2.83. The van der Waals surface area contributed by atoms with Crippen molar-refractivity contribution in [3.63, 3.8) is 0 Å². The lowest BCUT2D eigenvalue weighted by molar-refractivity contribution is 0.476. The van der Waals surface area contributed by atoms with Crippen LogP contribution in [-0.2, 0) is 0 Å². The van der Waals surface area contributed by atoms with E-state index in [1.54, 1.807) is 18.2 Å². The molecule has 0 aliphatic rings. The lowest BCUT2D eigenvalue weighted by Gasteiger charge is -1.88. The second-order valence-electron chi connectivity index (χ2n) is 3.39. The lowest BCUT2D eigenvalue weighted by Crippen LogP contribution is -1.72. The SMILES string of the molecule is Oc1ccc2nc(-c3ccc(Cl)s3)[nH]c2c1. The molecule has 1 aromatic carbocycles. The van der Waals surface area contributed by atoms with Crippen molar-refractivity contribution in [1.29, 1.82) is 0 Å². The van der Waals surface area contributed by atoms with Crippen molar-refractivity contribution in [2.75, 3.05) is 0 Å². The van der Waals surface area contributed by atoms with E-state index in [2.05, 4.69) is 9.97 Å². The Bertz CT molecular complexity index is 659. The van der Waals surface area contributed by atoms with Gasteiger partial charge >= 0.3 is 0 Å². The molecule has 16 heavy (non-hydrogen) atoms. The summed E-state index contributed by atoms with van der Waals surface area (Å²) in [5.41, 5.74) is 1.65. The van der Waals surface area contributed by atoms with E-state index in [1.165, 1.54) is 11.3 Å². The van der Waals surface area contributed by atoms with E-state index in [4.69, 9.17) is 11.6 Å². The predicted molar refractivity (Wildman–Crippen MR) is 66.1 cm³/mol. The Morgan fingerprint density at radius 2 is 2.12 bits per heavy atom. The molecule has 5 heteroatoms. The number of phenolic OH excluding ortho intramolecular Hbond substituents is 1. The number of rotatable bonds is 1. The van der Waals surface area contributed by atoms with Crippen LogP contribution in [0.25, 0.3) is 21.7 Å². The second-order valence-corrected chi connectivity index (χ2v) is 5.11. The van der Waals surface area contributed by atoms with Crippen LogP contribution in [0.4, 0.5) is 0 Å². The number of thiophene rings is 1. The number of benzene rings is 1. The fourth-order valence-corrected chi connectivity index (χ4v) is 2.54. The number of halogens is 1. The van der Waals surface area contributed by atoms with Crippen molar-refractivity contribution in [1.82, 2.24) is 9.97 Å². The summed E-state index contributed by atoms with van der Waals surface area (Å²) in [4.78, 5) is 8.56. The summed E-state index contributed by atoms with van der Waals surface area (Å²) in [5.74, 6) is 1.00. The molecule has 3 rings (SSSR count). The number of imidazole rings is 1. The largest absolute Gasteiger partial charge is 0.508 e. The van der Waals surface area contributed by atoms with Crippen LogP contribution in [0.5, 0.6) is 5.75 Å². The molecule has 80 valence electrons. The molecule has 0 bridgehead atoms. The zero-order valence-electron chi connectivity index (χ0n) is 8.07. The van der Waals surface area contributed by atoms with Crippen LogP contribution in [0, 0.1) is 0 Å². The van der Waals surface area contributed by atoms with Crippen molar-refractivity contribution in [2.45, 2.75) is 0 Å². The van der Waals surface area contributed by atoms with Crippen LogP contribution in [0.2, 0.25) is 4.34 Å². The zero-order chi connectivity index (χ0) is 11.1. The molecule has 0 amide bonds. The van der Waals surface area contributed by atoms with E-state index in [-0.39, 0.29) is 5.75 Å². The van der Waals surface area contributed by atoms with Gasteiger partial charge in [-0.05, 0) is 24.3 Å². The molecule has 0 spiro atoms. The Kier molecular flexibility index (Phi) is 2.12. The maximum absolute atomic E-state index is 9.35. The third-order valence-electron chi connectivity index (χ3n) is 2.27. The normalized spacial score (nSPS) is 11.1. The van der Waals surface area contributed by atoms with Crippen LogP contribution in [0.3, 0.4) is 0 Å². The highest BCUT2D eigenvalue weighted by atomic mass is 35.5. The van der Waals surface area contributed by atoms with Gasteiger partial charge in [-0.1, -0.05) is 11.6 Å². The molecule has 0 atom stereocenters. The summed E-state index contributed by atoms with van der Waals surface area (Å²) in [6.45, 7) is 0. The molecule has 3 aromatic rings. The second kappa shape index (κ2) is 3.50. The van der Waals surface area contributed by atoms with Crippen molar-refractivity contribution in [3.8, 4) is 16.5 Å². The van der Waals surface area contributed by atoms with Gasteiger partial charge in [0.15, 0.2) is 0 Å². The number of aromatic nitrogens is 2. The monoisotopic (exact) mass is 250 g/mol. The first-order chi connectivity index (χ1) is 7.72. The van der Waals surface area contributed by atoms with Crippen molar-refractivity contribution in [2.24, 2.45) is 0 Å². The Morgan fingerprint density at radius 3 is 2.88 bits per heavy atom. The molecule has 3 nitrogen and oxygen atoms in total. The van der Waals surface area contributed by atoms with Crippen molar-refractivity contribution < 1.29 is 5.11 Å². The van der Waals surface area contributed by atoms with Crippen LogP contribution in [0.15, 0.2) is 30.3 Å². The minimum atomic E-state index is 0.229. The van der Waals surface area contributed by atoms with Crippen LogP contribution < -0.4 is 0 Å². The van der Waals surface area contributed by atoms with Gasteiger partial charge in [0.05, 0.1) is 20.2 Å².